The highest BCUT2D eigenvalue weighted by Gasteiger charge is 2.38. The molecule has 0 amide bonds. The van der Waals surface area contributed by atoms with Crippen molar-refractivity contribution in [2.24, 2.45) is 5.73 Å². The largest absolute Gasteiger partial charge is 0.367 e. The third-order valence-electron chi connectivity index (χ3n) is 7.26. The van der Waals surface area contributed by atoms with Crippen LogP contribution in [0.15, 0.2) is 47.4 Å². The SMILES string of the molecule is CS(=O)(=O)c1ccc(N2CCN(C3CCC(CN)(c4cccc(Cl)c4)CC3)CC2)c(F)c1. The van der Waals surface area contributed by atoms with Crippen LogP contribution in [0.3, 0.4) is 0 Å². The Kier molecular flexibility index (Phi) is 6.82. The van der Waals surface area contributed by atoms with Gasteiger partial charge in [-0.2, -0.15) is 0 Å². The smallest absolute Gasteiger partial charge is 0.175 e. The first-order chi connectivity index (χ1) is 15.2. The number of sulfone groups is 1. The molecular formula is C24H31ClFN3O2S. The molecule has 0 radical (unpaired) electrons. The van der Waals surface area contributed by atoms with Gasteiger partial charge in [-0.05, 0) is 61.6 Å². The van der Waals surface area contributed by atoms with E-state index in [9.17, 15) is 12.8 Å². The Hall–Kier alpha value is -1.67. The van der Waals surface area contributed by atoms with Crippen LogP contribution in [-0.4, -0.2) is 58.3 Å². The van der Waals surface area contributed by atoms with Gasteiger partial charge < -0.3 is 10.6 Å². The summed E-state index contributed by atoms with van der Waals surface area (Å²) in [6.07, 6.45) is 5.34. The summed E-state index contributed by atoms with van der Waals surface area (Å²) in [5.74, 6) is -0.478. The van der Waals surface area contributed by atoms with Gasteiger partial charge in [-0.15, -0.1) is 0 Å². The molecule has 2 aliphatic rings. The fraction of sp³-hybridized carbons (Fsp3) is 0.500. The Morgan fingerprint density at radius 1 is 1.09 bits per heavy atom. The van der Waals surface area contributed by atoms with Gasteiger partial charge in [-0.3, -0.25) is 4.90 Å². The second-order valence-electron chi connectivity index (χ2n) is 9.13. The summed E-state index contributed by atoms with van der Waals surface area (Å²) >= 11 is 6.23. The topological polar surface area (TPSA) is 66.6 Å². The van der Waals surface area contributed by atoms with Crippen LogP contribution in [0.1, 0.15) is 31.2 Å². The zero-order valence-electron chi connectivity index (χ0n) is 18.4. The lowest BCUT2D eigenvalue weighted by Gasteiger charge is -2.46. The summed E-state index contributed by atoms with van der Waals surface area (Å²) in [5.41, 5.74) is 7.95. The number of halogens is 2. The quantitative estimate of drug-likeness (QED) is 0.705. The minimum absolute atomic E-state index is 0.00624. The molecular weight excluding hydrogens is 449 g/mol. The summed E-state index contributed by atoms with van der Waals surface area (Å²) in [5, 5.41) is 0.755. The molecule has 0 aromatic heterocycles. The lowest BCUT2D eigenvalue weighted by Crippen LogP contribution is -2.53. The van der Waals surface area contributed by atoms with Crippen molar-refractivity contribution in [3.8, 4) is 0 Å². The Morgan fingerprint density at radius 2 is 1.78 bits per heavy atom. The number of hydrogen-bond acceptors (Lipinski definition) is 5. The predicted molar refractivity (Wildman–Crippen MR) is 128 cm³/mol. The molecule has 1 saturated heterocycles. The first-order valence-corrected chi connectivity index (χ1v) is 13.4. The molecule has 8 heteroatoms. The van der Waals surface area contributed by atoms with E-state index in [-0.39, 0.29) is 10.3 Å². The highest BCUT2D eigenvalue weighted by atomic mass is 35.5. The van der Waals surface area contributed by atoms with E-state index in [0.29, 0.717) is 18.3 Å². The Morgan fingerprint density at radius 3 is 2.34 bits per heavy atom. The molecule has 1 heterocycles. The fourth-order valence-electron chi connectivity index (χ4n) is 5.25. The second-order valence-corrected chi connectivity index (χ2v) is 11.6. The van der Waals surface area contributed by atoms with Crippen molar-refractivity contribution in [1.29, 1.82) is 0 Å². The zero-order chi connectivity index (χ0) is 22.9. The molecule has 2 aromatic carbocycles. The van der Waals surface area contributed by atoms with Crippen molar-refractivity contribution in [2.75, 3.05) is 43.9 Å². The van der Waals surface area contributed by atoms with E-state index in [4.69, 9.17) is 17.3 Å². The van der Waals surface area contributed by atoms with E-state index < -0.39 is 15.7 Å². The molecule has 1 saturated carbocycles. The molecule has 0 spiro atoms. The van der Waals surface area contributed by atoms with Crippen molar-refractivity contribution in [2.45, 2.75) is 42.0 Å². The summed E-state index contributed by atoms with van der Waals surface area (Å²) in [6.45, 7) is 3.80. The number of hydrogen-bond donors (Lipinski definition) is 1. The fourth-order valence-corrected chi connectivity index (χ4v) is 6.08. The molecule has 4 rings (SSSR count). The average Bonchev–Trinajstić information content (AvgIpc) is 2.79. The van der Waals surface area contributed by atoms with E-state index in [1.165, 1.54) is 11.6 Å². The standard InChI is InChI=1S/C24H31ClFN3O2S/c1-32(30,31)21-5-6-23(22(26)16-21)29-13-11-28(12-14-29)20-7-9-24(17-27,10-8-20)18-3-2-4-19(25)15-18/h2-6,15-16,20H,7-14,17,27H2,1H3. The van der Waals surface area contributed by atoms with Gasteiger partial charge in [0.15, 0.2) is 9.84 Å². The van der Waals surface area contributed by atoms with Gasteiger partial charge in [0.1, 0.15) is 5.82 Å². The van der Waals surface area contributed by atoms with Crippen molar-refractivity contribution >= 4 is 27.1 Å². The van der Waals surface area contributed by atoms with E-state index in [0.717, 1.165) is 69.2 Å². The van der Waals surface area contributed by atoms with E-state index in [2.05, 4.69) is 17.0 Å². The van der Waals surface area contributed by atoms with Gasteiger partial charge in [-0.25, -0.2) is 12.8 Å². The predicted octanol–water partition coefficient (Wildman–Crippen LogP) is 3.84. The maximum atomic E-state index is 14.6. The van der Waals surface area contributed by atoms with E-state index >= 15 is 0 Å². The number of anilines is 1. The molecule has 2 aromatic rings. The van der Waals surface area contributed by atoms with Gasteiger partial charge in [-0.1, -0.05) is 23.7 Å². The van der Waals surface area contributed by atoms with Crippen LogP contribution >= 0.6 is 11.6 Å². The van der Waals surface area contributed by atoms with Gasteiger partial charge in [0, 0.05) is 55.5 Å². The maximum Gasteiger partial charge on any atom is 0.175 e. The van der Waals surface area contributed by atoms with E-state index in [1.807, 2.05) is 17.0 Å². The molecule has 2 N–H and O–H groups in total. The van der Waals surface area contributed by atoms with Crippen LogP contribution in [0.5, 0.6) is 0 Å². The monoisotopic (exact) mass is 479 g/mol. The van der Waals surface area contributed by atoms with E-state index in [1.54, 1.807) is 6.07 Å². The molecule has 1 aliphatic carbocycles. The molecule has 0 unspecified atom stereocenters. The average molecular weight is 480 g/mol. The third-order valence-corrected chi connectivity index (χ3v) is 8.60. The normalized spacial score (nSPS) is 25.1. The van der Waals surface area contributed by atoms with Gasteiger partial charge in [0.05, 0.1) is 10.6 Å². The molecule has 1 aliphatic heterocycles. The highest BCUT2D eigenvalue weighted by Crippen LogP contribution is 2.41. The Balaban J connectivity index is 1.37. The van der Waals surface area contributed by atoms with Gasteiger partial charge in [0.2, 0.25) is 0 Å². The minimum Gasteiger partial charge on any atom is -0.367 e. The summed E-state index contributed by atoms with van der Waals surface area (Å²) in [4.78, 5) is 4.54. The molecule has 5 nitrogen and oxygen atoms in total. The van der Waals surface area contributed by atoms with Gasteiger partial charge >= 0.3 is 0 Å². The number of nitrogens with two attached hydrogens (primary N) is 1. The lowest BCUT2D eigenvalue weighted by atomic mass is 9.68. The molecule has 0 bridgehead atoms. The Labute approximate surface area is 195 Å². The minimum atomic E-state index is -3.41. The van der Waals surface area contributed by atoms with Crippen LogP contribution < -0.4 is 10.6 Å². The lowest BCUT2D eigenvalue weighted by molar-refractivity contribution is 0.118. The third kappa shape index (κ3) is 4.81. The number of nitrogens with zero attached hydrogens (tertiary/aromatic N) is 2. The van der Waals surface area contributed by atoms with Crippen LogP contribution in [0.25, 0.3) is 0 Å². The van der Waals surface area contributed by atoms with Crippen LogP contribution in [0, 0.1) is 5.82 Å². The number of rotatable bonds is 5. The molecule has 0 atom stereocenters. The van der Waals surface area contributed by atoms with Crippen LogP contribution in [0.2, 0.25) is 5.02 Å². The zero-order valence-corrected chi connectivity index (χ0v) is 20.0. The van der Waals surface area contributed by atoms with Crippen molar-refractivity contribution in [3.05, 3.63) is 58.9 Å². The number of benzene rings is 2. The van der Waals surface area contributed by atoms with Crippen LogP contribution in [-0.2, 0) is 15.3 Å². The number of piperazine rings is 1. The first-order valence-electron chi connectivity index (χ1n) is 11.2. The molecule has 174 valence electrons. The van der Waals surface area contributed by atoms with Crippen LogP contribution in [0.4, 0.5) is 10.1 Å². The van der Waals surface area contributed by atoms with Crippen molar-refractivity contribution < 1.29 is 12.8 Å². The summed E-state index contributed by atoms with van der Waals surface area (Å²) < 4.78 is 37.9. The molecule has 32 heavy (non-hydrogen) atoms. The maximum absolute atomic E-state index is 14.6. The van der Waals surface area contributed by atoms with Gasteiger partial charge in [0.25, 0.3) is 0 Å². The summed E-state index contributed by atoms with van der Waals surface area (Å²) in [6, 6.07) is 12.8. The van der Waals surface area contributed by atoms with Crippen molar-refractivity contribution in [1.82, 2.24) is 4.90 Å². The summed E-state index contributed by atoms with van der Waals surface area (Å²) in [7, 11) is -3.41. The Bertz CT molecular complexity index is 1060. The first kappa shape index (κ1) is 23.5. The molecule has 2 fully saturated rings. The highest BCUT2D eigenvalue weighted by molar-refractivity contribution is 7.90. The second kappa shape index (κ2) is 9.29. The van der Waals surface area contributed by atoms with Crippen molar-refractivity contribution in [3.63, 3.8) is 0 Å².